The molecule has 7 nitrogen and oxygen atoms in total. The number of carbonyl (C=O) groups excluding carboxylic acids is 1. The Morgan fingerprint density at radius 2 is 1.84 bits per heavy atom. The van der Waals surface area contributed by atoms with Gasteiger partial charge in [0.15, 0.2) is 5.03 Å². The second-order valence-corrected chi connectivity index (χ2v) is 9.55. The maximum absolute atomic E-state index is 13.4. The van der Waals surface area contributed by atoms with E-state index in [0.717, 1.165) is 11.1 Å². The molecule has 0 saturated carbocycles. The normalized spacial score (nSPS) is 19.4. The summed E-state index contributed by atoms with van der Waals surface area (Å²) in [6.07, 6.45) is 2.86. The molecular weight excluding hydrogens is 419 g/mol. The van der Waals surface area contributed by atoms with Crippen molar-refractivity contribution in [3.63, 3.8) is 0 Å². The lowest BCUT2D eigenvalue weighted by Gasteiger charge is -2.18. The van der Waals surface area contributed by atoms with Crippen LogP contribution in [0.4, 0.5) is 4.39 Å². The summed E-state index contributed by atoms with van der Waals surface area (Å²) in [7, 11) is -2.16. The Labute approximate surface area is 180 Å². The van der Waals surface area contributed by atoms with Crippen LogP contribution in [0, 0.1) is 11.7 Å². The van der Waals surface area contributed by atoms with Gasteiger partial charge in [0.25, 0.3) is 10.0 Å². The summed E-state index contributed by atoms with van der Waals surface area (Å²) in [5.74, 6) is -1.62. The molecule has 2 atom stereocenters. The van der Waals surface area contributed by atoms with Crippen LogP contribution in [0.25, 0.3) is 0 Å². The summed E-state index contributed by atoms with van der Waals surface area (Å²) in [6, 6.07) is 15.3. The first kappa shape index (κ1) is 21.2. The van der Waals surface area contributed by atoms with Crippen molar-refractivity contribution in [3.05, 3.63) is 84.1 Å². The number of aryl methyl sites for hydroxylation is 1. The number of benzene rings is 2. The van der Waals surface area contributed by atoms with Crippen molar-refractivity contribution in [2.45, 2.75) is 17.5 Å². The zero-order valence-electron chi connectivity index (χ0n) is 17.0. The Morgan fingerprint density at radius 1 is 1.13 bits per heavy atom. The first-order valence-corrected chi connectivity index (χ1v) is 11.3. The van der Waals surface area contributed by atoms with Crippen LogP contribution >= 0.6 is 0 Å². The fourth-order valence-corrected chi connectivity index (χ4v) is 5.31. The smallest absolute Gasteiger partial charge is 0.262 e. The van der Waals surface area contributed by atoms with E-state index in [9.17, 15) is 17.6 Å². The number of nitrogens with zero attached hydrogens (tertiary/aromatic N) is 3. The number of rotatable bonds is 6. The number of aromatic nitrogens is 2. The summed E-state index contributed by atoms with van der Waals surface area (Å²) in [4.78, 5) is 17.0. The number of hydrogen-bond donors (Lipinski definition) is 1. The quantitative estimate of drug-likeness (QED) is 0.635. The van der Waals surface area contributed by atoms with Crippen molar-refractivity contribution in [1.82, 2.24) is 19.2 Å². The van der Waals surface area contributed by atoms with Crippen molar-refractivity contribution in [2.24, 2.45) is 13.0 Å². The minimum Gasteiger partial charge on any atom is -0.352 e. The molecule has 3 aromatic rings. The van der Waals surface area contributed by atoms with Crippen molar-refractivity contribution in [1.29, 1.82) is 0 Å². The van der Waals surface area contributed by atoms with Crippen LogP contribution in [-0.4, -0.2) is 41.3 Å². The molecule has 0 radical (unpaired) electrons. The molecule has 1 aromatic heterocycles. The molecule has 1 fully saturated rings. The molecule has 9 heteroatoms. The van der Waals surface area contributed by atoms with Crippen molar-refractivity contribution < 1.29 is 17.6 Å². The third kappa shape index (κ3) is 4.52. The van der Waals surface area contributed by atoms with Crippen molar-refractivity contribution in [2.75, 3.05) is 13.1 Å². The molecule has 4 rings (SSSR count). The molecule has 2 heterocycles. The highest BCUT2D eigenvalue weighted by atomic mass is 32.2. The highest BCUT2D eigenvalue weighted by molar-refractivity contribution is 7.89. The fraction of sp³-hybridized carbons (Fsp3) is 0.273. The van der Waals surface area contributed by atoms with E-state index in [1.54, 1.807) is 23.7 Å². The van der Waals surface area contributed by atoms with Gasteiger partial charge in [0, 0.05) is 38.8 Å². The largest absolute Gasteiger partial charge is 0.352 e. The molecule has 1 aliphatic rings. The number of nitrogens with one attached hydrogen (secondary N) is 1. The van der Waals surface area contributed by atoms with Gasteiger partial charge < -0.3 is 9.88 Å². The minimum absolute atomic E-state index is 0.0293. The number of halogens is 1. The first-order chi connectivity index (χ1) is 14.8. The van der Waals surface area contributed by atoms with Crippen LogP contribution in [0.15, 0.2) is 72.1 Å². The van der Waals surface area contributed by atoms with Gasteiger partial charge in [0.05, 0.1) is 12.2 Å². The highest BCUT2D eigenvalue weighted by Crippen LogP contribution is 2.35. The third-order valence-electron chi connectivity index (χ3n) is 5.52. The van der Waals surface area contributed by atoms with E-state index in [2.05, 4.69) is 10.3 Å². The molecule has 31 heavy (non-hydrogen) atoms. The Bertz CT molecular complexity index is 1160. The van der Waals surface area contributed by atoms with Crippen LogP contribution in [0.2, 0.25) is 0 Å². The molecule has 1 saturated heterocycles. The van der Waals surface area contributed by atoms with Crippen molar-refractivity contribution in [3.8, 4) is 0 Å². The Balaban J connectivity index is 1.59. The summed E-state index contributed by atoms with van der Waals surface area (Å²) in [6.45, 7) is 0.495. The maximum Gasteiger partial charge on any atom is 0.262 e. The van der Waals surface area contributed by atoms with Crippen molar-refractivity contribution >= 4 is 15.9 Å². The summed E-state index contributed by atoms with van der Waals surface area (Å²) < 4.78 is 42.4. The molecule has 2 unspecified atom stereocenters. The first-order valence-electron chi connectivity index (χ1n) is 9.90. The van der Waals surface area contributed by atoms with Gasteiger partial charge in [-0.05, 0) is 23.3 Å². The predicted octanol–water partition coefficient (Wildman–Crippen LogP) is 2.28. The molecule has 162 valence electrons. The number of imidazole rings is 1. The molecule has 0 spiro atoms. The lowest BCUT2D eigenvalue weighted by molar-refractivity contribution is -0.125. The second-order valence-electron chi connectivity index (χ2n) is 7.67. The van der Waals surface area contributed by atoms with Gasteiger partial charge in [-0.2, -0.15) is 4.31 Å². The fourth-order valence-electron chi connectivity index (χ4n) is 3.85. The molecule has 1 aliphatic heterocycles. The van der Waals surface area contributed by atoms with Crippen LogP contribution < -0.4 is 5.32 Å². The average molecular weight is 443 g/mol. The average Bonchev–Trinajstić information content (AvgIpc) is 3.41. The zero-order chi connectivity index (χ0) is 22.0. The maximum atomic E-state index is 13.4. The van der Waals surface area contributed by atoms with Gasteiger partial charge in [-0.25, -0.2) is 17.8 Å². The van der Waals surface area contributed by atoms with Gasteiger partial charge in [-0.15, -0.1) is 0 Å². The van der Waals surface area contributed by atoms with E-state index in [0.29, 0.717) is 6.54 Å². The van der Waals surface area contributed by atoms with E-state index in [-0.39, 0.29) is 29.8 Å². The van der Waals surface area contributed by atoms with Gasteiger partial charge in [-0.1, -0.05) is 42.5 Å². The SMILES string of the molecule is Cn1cnc(S(=O)(=O)N2CC(C(=O)NCc3ccccc3)C(c3ccc(F)cc3)C2)c1. The summed E-state index contributed by atoms with van der Waals surface area (Å²) in [5.41, 5.74) is 1.67. The van der Waals surface area contributed by atoms with E-state index in [1.807, 2.05) is 30.3 Å². The Kier molecular flexibility index (Phi) is 5.88. The standard InChI is InChI=1S/C22H23FN4O3S/c1-26-14-21(25-15-26)31(29,30)27-12-19(17-7-9-18(23)10-8-17)20(13-27)22(28)24-11-16-5-3-2-4-6-16/h2-10,14-15,19-20H,11-13H2,1H3,(H,24,28). The number of sulfonamides is 1. The monoisotopic (exact) mass is 442 g/mol. The van der Waals surface area contributed by atoms with Gasteiger partial charge in [-0.3, -0.25) is 4.79 Å². The molecule has 1 amide bonds. The van der Waals surface area contributed by atoms with Crippen LogP contribution in [0.5, 0.6) is 0 Å². The Hall–Kier alpha value is -3.04. The third-order valence-corrected chi connectivity index (χ3v) is 7.23. The van der Waals surface area contributed by atoms with Gasteiger partial charge >= 0.3 is 0 Å². The molecule has 0 bridgehead atoms. The number of carbonyl (C=O) groups is 1. The second kappa shape index (κ2) is 8.60. The lowest BCUT2D eigenvalue weighted by Crippen LogP contribution is -2.35. The van der Waals surface area contributed by atoms with Gasteiger partial charge in [0.2, 0.25) is 5.91 Å². The van der Waals surface area contributed by atoms with E-state index >= 15 is 0 Å². The highest BCUT2D eigenvalue weighted by Gasteiger charge is 2.44. The number of amides is 1. The summed E-state index contributed by atoms with van der Waals surface area (Å²) >= 11 is 0. The topological polar surface area (TPSA) is 84.3 Å². The molecular formula is C22H23FN4O3S. The number of hydrogen-bond acceptors (Lipinski definition) is 4. The van der Waals surface area contributed by atoms with E-state index < -0.39 is 21.9 Å². The predicted molar refractivity (Wildman–Crippen MR) is 113 cm³/mol. The van der Waals surface area contributed by atoms with Crippen LogP contribution in [0.3, 0.4) is 0 Å². The van der Waals surface area contributed by atoms with Gasteiger partial charge in [0.1, 0.15) is 5.82 Å². The minimum atomic E-state index is -3.85. The van der Waals surface area contributed by atoms with E-state index in [4.69, 9.17) is 0 Å². The molecule has 2 aromatic carbocycles. The van der Waals surface area contributed by atoms with E-state index in [1.165, 1.54) is 29.0 Å². The molecule has 0 aliphatic carbocycles. The molecule has 1 N–H and O–H groups in total. The van der Waals surface area contributed by atoms with Crippen LogP contribution in [-0.2, 0) is 28.4 Å². The Morgan fingerprint density at radius 3 is 2.48 bits per heavy atom. The summed E-state index contributed by atoms with van der Waals surface area (Å²) in [5, 5.41) is 2.86. The zero-order valence-corrected chi connectivity index (χ0v) is 17.8. The van der Waals surface area contributed by atoms with Crippen LogP contribution in [0.1, 0.15) is 17.0 Å². The lowest BCUT2D eigenvalue weighted by atomic mass is 9.88.